The summed E-state index contributed by atoms with van der Waals surface area (Å²) in [5.41, 5.74) is 2.45. The topological polar surface area (TPSA) is 33.3 Å². The Kier molecular flexibility index (Phi) is 3.11. The lowest BCUT2D eigenvalue weighted by Gasteiger charge is -2.15. The molecule has 3 nitrogen and oxygen atoms in total. The van der Waals surface area contributed by atoms with E-state index in [0.717, 1.165) is 18.8 Å². The van der Waals surface area contributed by atoms with E-state index in [0.29, 0.717) is 6.04 Å². The molecule has 1 aliphatic rings. The number of methoxy groups -OCH3 is 1. The molecule has 1 aromatic rings. The second-order valence-corrected chi connectivity index (χ2v) is 4.01. The Labute approximate surface area is 90.8 Å². The van der Waals surface area contributed by atoms with Crippen LogP contribution in [-0.2, 0) is 0 Å². The summed E-state index contributed by atoms with van der Waals surface area (Å²) in [6, 6.07) is 6.71. The zero-order valence-corrected chi connectivity index (χ0v) is 9.34. The molecule has 2 rings (SSSR count). The molecule has 0 spiro atoms. The Morgan fingerprint density at radius 1 is 1.47 bits per heavy atom. The van der Waals surface area contributed by atoms with Crippen LogP contribution in [0.25, 0.3) is 0 Å². The van der Waals surface area contributed by atoms with Crippen molar-refractivity contribution in [3.05, 3.63) is 23.8 Å². The van der Waals surface area contributed by atoms with Crippen molar-refractivity contribution in [2.45, 2.75) is 19.4 Å². The lowest BCUT2D eigenvalue weighted by atomic mass is 10.1. The largest absolute Gasteiger partial charge is 0.497 e. The van der Waals surface area contributed by atoms with Crippen LogP contribution in [0.5, 0.6) is 5.75 Å². The van der Waals surface area contributed by atoms with Gasteiger partial charge in [-0.15, -0.1) is 0 Å². The molecular weight excluding hydrogens is 188 g/mol. The summed E-state index contributed by atoms with van der Waals surface area (Å²) in [5.74, 6) is 0.919. The van der Waals surface area contributed by atoms with Crippen LogP contribution in [0, 0.1) is 6.92 Å². The molecule has 82 valence electrons. The minimum atomic E-state index is 0.567. The number of rotatable bonds is 3. The Morgan fingerprint density at radius 2 is 2.33 bits per heavy atom. The van der Waals surface area contributed by atoms with Gasteiger partial charge in [0.1, 0.15) is 5.75 Å². The van der Waals surface area contributed by atoms with E-state index in [9.17, 15) is 0 Å². The molecule has 0 radical (unpaired) electrons. The molecule has 0 aromatic heterocycles. The Morgan fingerprint density at radius 3 is 2.93 bits per heavy atom. The van der Waals surface area contributed by atoms with Crippen LogP contribution in [-0.4, -0.2) is 26.2 Å². The van der Waals surface area contributed by atoms with Crippen LogP contribution in [0.2, 0.25) is 0 Å². The van der Waals surface area contributed by atoms with Crippen LogP contribution >= 0.6 is 0 Å². The molecule has 0 aliphatic carbocycles. The first kappa shape index (κ1) is 10.3. The number of benzene rings is 1. The maximum atomic E-state index is 5.18. The Bertz CT molecular complexity index is 332. The summed E-state index contributed by atoms with van der Waals surface area (Å²) in [4.78, 5) is 0. The van der Waals surface area contributed by atoms with Gasteiger partial charge in [0.15, 0.2) is 0 Å². The van der Waals surface area contributed by atoms with Crippen molar-refractivity contribution in [2.75, 3.05) is 25.5 Å². The molecule has 1 aliphatic heterocycles. The number of anilines is 1. The smallest absolute Gasteiger partial charge is 0.119 e. The summed E-state index contributed by atoms with van der Waals surface area (Å²) in [6.45, 7) is 4.28. The highest BCUT2D eigenvalue weighted by Crippen LogP contribution is 2.22. The molecule has 0 saturated carbocycles. The maximum absolute atomic E-state index is 5.18. The molecule has 1 fully saturated rings. The number of nitrogens with one attached hydrogen (secondary N) is 2. The van der Waals surface area contributed by atoms with Gasteiger partial charge in [0.05, 0.1) is 7.11 Å². The third-order valence-corrected chi connectivity index (χ3v) is 2.85. The van der Waals surface area contributed by atoms with E-state index in [1.165, 1.54) is 17.7 Å². The molecule has 1 saturated heterocycles. The predicted molar refractivity (Wildman–Crippen MR) is 62.6 cm³/mol. The fourth-order valence-corrected chi connectivity index (χ4v) is 1.92. The third kappa shape index (κ3) is 2.42. The molecule has 1 unspecified atom stereocenters. The second-order valence-electron chi connectivity index (χ2n) is 4.01. The predicted octanol–water partition coefficient (Wildman–Crippen LogP) is 1.78. The van der Waals surface area contributed by atoms with Gasteiger partial charge in [-0.3, -0.25) is 0 Å². The second kappa shape index (κ2) is 4.53. The van der Waals surface area contributed by atoms with E-state index >= 15 is 0 Å². The van der Waals surface area contributed by atoms with Crippen LogP contribution in [0.15, 0.2) is 18.2 Å². The van der Waals surface area contributed by atoms with Gasteiger partial charge in [-0.05, 0) is 43.7 Å². The van der Waals surface area contributed by atoms with E-state index in [2.05, 4.69) is 29.7 Å². The first-order valence-corrected chi connectivity index (χ1v) is 5.41. The van der Waals surface area contributed by atoms with Gasteiger partial charge in [-0.2, -0.15) is 0 Å². The molecule has 2 N–H and O–H groups in total. The zero-order chi connectivity index (χ0) is 10.7. The summed E-state index contributed by atoms with van der Waals surface area (Å²) < 4.78 is 5.18. The van der Waals surface area contributed by atoms with Gasteiger partial charge in [-0.1, -0.05) is 0 Å². The average Bonchev–Trinajstić information content (AvgIpc) is 2.74. The van der Waals surface area contributed by atoms with Gasteiger partial charge in [0, 0.05) is 18.3 Å². The summed E-state index contributed by atoms with van der Waals surface area (Å²) in [6.07, 6.45) is 1.20. The highest BCUT2D eigenvalue weighted by atomic mass is 16.5. The van der Waals surface area contributed by atoms with Crippen molar-refractivity contribution in [1.82, 2.24) is 5.32 Å². The monoisotopic (exact) mass is 206 g/mol. The third-order valence-electron chi connectivity index (χ3n) is 2.85. The quantitative estimate of drug-likeness (QED) is 0.791. The normalized spacial score (nSPS) is 20.3. The minimum absolute atomic E-state index is 0.567. The molecule has 1 aromatic carbocycles. The van der Waals surface area contributed by atoms with E-state index in [1.807, 2.05) is 6.07 Å². The van der Waals surface area contributed by atoms with Crippen molar-refractivity contribution in [1.29, 1.82) is 0 Å². The fraction of sp³-hybridized carbons (Fsp3) is 0.500. The van der Waals surface area contributed by atoms with E-state index in [4.69, 9.17) is 4.74 Å². The fourth-order valence-electron chi connectivity index (χ4n) is 1.92. The van der Waals surface area contributed by atoms with Gasteiger partial charge < -0.3 is 15.4 Å². The molecular formula is C12H18N2O. The van der Waals surface area contributed by atoms with Crippen LogP contribution in [0.3, 0.4) is 0 Å². The highest BCUT2D eigenvalue weighted by molar-refractivity contribution is 5.54. The maximum Gasteiger partial charge on any atom is 0.119 e. The van der Waals surface area contributed by atoms with E-state index in [-0.39, 0.29) is 0 Å². The molecule has 0 bridgehead atoms. The van der Waals surface area contributed by atoms with E-state index < -0.39 is 0 Å². The minimum Gasteiger partial charge on any atom is -0.497 e. The van der Waals surface area contributed by atoms with Gasteiger partial charge in [0.2, 0.25) is 0 Å². The highest BCUT2D eigenvalue weighted by Gasteiger charge is 2.14. The van der Waals surface area contributed by atoms with Crippen LogP contribution in [0.1, 0.15) is 12.0 Å². The lowest BCUT2D eigenvalue weighted by Crippen LogP contribution is -2.22. The standard InChI is InChI=1S/C12H18N2O/c1-9-7-11(15-2)3-4-12(9)14-10-5-6-13-8-10/h3-4,7,10,13-14H,5-6,8H2,1-2H3. The van der Waals surface area contributed by atoms with Crippen molar-refractivity contribution in [3.8, 4) is 5.75 Å². The summed E-state index contributed by atoms with van der Waals surface area (Å²) in [5, 5.41) is 6.89. The number of aryl methyl sites for hydroxylation is 1. The summed E-state index contributed by atoms with van der Waals surface area (Å²) in [7, 11) is 1.70. The SMILES string of the molecule is COc1ccc(NC2CCNC2)c(C)c1. The zero-order valence-electron chi connectivity index (χ0n) is 9.34. The molecule has 3 heteroatoms. The van der Waals surface area contributed by atoms with Crippen molar-refractivity contribution >= 4 is 5.69 Å². The van der Waals surface area contributed by atoms with Crippen LogP contribution in [0.4, 0.5) is 5.69 Å². The molecule has 1 atom stereocenters. The molecule has 0 amide bonds. The Balaban J connectivity index is 2.07. The van der Waals surface area contributed by atoms with Gasteiger partial charge >= 0.3 is 0 Å². The van der Waals surface area contributed by atoms with Gasteiger partial charge in [0.25, 0.3) is 0 Å². The molecule has 15 heavy (non-hydrogen) atoms. The first-order chi connectivity index (χ1) is 7.29. The van der Waals surface area contributed by atoms with Crippen molar-refractivity contribution in [3.63, 3.8) is 0 Å². The molecule has 1 heterocycles. The van der Waals surface area contributed by atoms with Crippen molar-refractivity contribution in [2.24, 2.45) is 0 Å². The first-order valence-electron chi connectivity index (χ1n) is 5.41. The summed E-state index contributed by atoms with van der Waals surface area (Å²) >= 11 is 0. The number of ether oxygens (including phenoxy) is 1. The Hall–Kier alpha value is -1.22. The van der Waals surface area contributed by atoms with E-state index in [1.54, 1.807) is 7.11 Å². The number of hydrogen-bond acceptors (Lipinski definition) is 3. The average molecular weight is 206 g/mol. The van der Waals surface area contributed by atoms with Gasteiger partial charge in [-0.25, -0.2) is 0 Å². The number of hydrogen-bond donors (Lipinski definition) is 2. The lowest BCUT2D eigenvalue weighted by molar-refractivity contribution is 0.414. The van der Waals surface area contributed by atoms with Crippen LogP contribution < -0.4 is 15.4 Å². The van der Waals surface area contributed by atoms with Crippen molar-refractivity contribution < 1.29 is 4.74 Å².